The number of rotatable bonds is 4. The number of thiophene rings is 1. The molecule has 0 fully saturated rings. The Morgan fingerprint density at radius 2 is 0.966 bits per heavy atom. The molecule has 0 aliphatic carbocycles. The number of hydrogen-bond acceptors (Lipinski definition) is 4. The van der Waals surface area contributed by atoms with E-state index < -0.39 is 0 Å². The Kier molecular flexibility index (Phi) is 6.54. The van der Waals surface area contributed by atoms with Crippen LogP contribution in [0, 0.1) is 0 Å². The van der Waals surface area contributed by atoms with Crippen LogP contribution in [-0.4, -0.2) is 19.1 Å². The Hall–Kier alpha value is -7.54. The Bertz CT molecular complexity index is 3800. The number of fused-ring (bicyclic) bond motifs is 13. The fourth-order valence-electron chi connectivity index (χ4n) is 9.14. The van der Waals surface area contributed by atoms with E-state index >= 15 is 0 Å². The molecule has 0 unspecified atom stereocenters. The highest BCUT2D eigenvalue weighted by Crippen LogP contribution is 2.44. The van der Waals surface area contributed by atoms with Gasteiger partial charge < -0.3 is 8.98 Å². The second kappa shape index (κ2) is 12.0. The van der Waals surface area contributed by atoms with E-state index in [1.165, 1.54) is 42.8 Å². The van der Waals surface area contributed by atoms with E-state index in [0.29, 0.717) is 11.5 Å². The van der Waals surface area contributed by atoms with Crippen molar-refractivity contribution in [1.29, 1.82) is 0 Å². The van der Waals surface area contributed by atoms with Crippen LogP contribution in [-0.2, 0) is 0 Å². The van der Waals surface area contributed by atoms with Crippen LogP contribution in [0.5, 0.6) is 0 Å². The van der Waals surface area contributed by atoms with Gasteiger partial charge in [-0.05, 0) is 71.8 Å². The van der Waals surface area contributed by atoms with Gasteiger partial charge in [-0.1, -0.05) is 121 Å². The minimum absolute atomic E-state index is 0.611. The Labute approximate surface area is 335 Å². The first kappa shape index (κ1) is 31.6. The molecule has 0 bridgehead atoms. The van der Waals surface area contributed by atoms with Crippen molar-refractivity contribution in [3.8, 4) is 34.0 Å². The fraction of sp³-hybridized carbons (Fsp3) is 0. The zero-order chi connectivity index (χ0) is 37.9. The van der Waals surface area contributed by atoms with Gasteiger partial charge in [-0.25, -0.2) is 9.97 Å². The Morgan fingerprint density at radius 3 is 1.69 bits per heavy atom. The first-order valence-corrected chi connectivity index (χ1v) is 20.3. The molecule has 6 heteroatoms. The van der Waals surface area contributed by atoms with Gasteiger partial charge in [0.2, 0.25) is 5.95 Å². The van der Waals surface area contributed by atoms with Crippen LogP contribution in [0.15, 0.2) is 186 Å². The Balaban J connectivity index is 1.04. The number of furan rings is 1. The summed E-state index contributed by atoms with van der Waals surface area (Å²) < 4.78 is 13.8. The smallest absolute Gasteiger partial charge is 0.236 e. The molecular weight excluding hydrogens is 729 g/mol. The highest BCUT2D eigenvalue weighted by Gasteiger charge is 2.23. The van der Waals surface area contributed by atoms with E-state index in [9.17, 15) is 0 Å². The largest absolute Gasteiger partial charge is 0.451 e. The summed E-state index contributed by atoms with van der Waals surface area (Å²) >= 11 is 1.77. The van der Waals surface area contributed by atoms with Crippen LogP contribution < -0.4 is 0 Å². The zero-order valence-electron chi connectivity index (χ0n) is 30.9. The van der Waals surface area contributed by atoms with Crippen LogP contribution in [0.3, 0.4) is 0 Å². The molecule has 0 radical (unpaired) electrons. The summed E-state index contributed by atoms with van der Waals surface area (Å²) in [6, 6.07) is 64.8. The van der Waals surface area contributed by atoms with Crippen molar-refractivity contribution in [1.82, 2.24) is 19.1 Å². The summed E-state index contributed by atoms with van der Waals surface area (Å²) in [5, 5.41) is 8.19. The van der Waals surface area contributed by atoms with E-state index in [2.05, 4.69) is 185 Å². The molecule has 5 heterocycles. The monoisotopic (exact) mass is 758 g/mol. The summed E-state index contributed by atoms with van der Waals surface area (Å²) in [6.07, 6.45) is 0. The first-order valence-electron chi connectivity index (χ1n) is 19.5. The molecule has 13 aromatic rings. The maximum Gasteiger partial charge on any atom is 0.236 e. The summed E-state index contributed by atoms with van der Waals surface area (Å²) in [6.45, 7) is 0. The van der Waals surface area contributed by atoms with Crippen molar-refractivity contribution in [3.05, 3.63) is 182 Å². The zero-order valence-corrected chi connectivity index (χ0v) is 31.7. The predicted octanol–water partition coefficient (Wildman–Crippen LogP) is 14.3. The third-order valence-corrected chi connectivity index (χ3v) is 12.9. The molecule has 0 amide bonds. The molecule has 5 nitrogen and oxygen atoms in total. The number of benzene rings is 8. The molecule has 58 heavy (non-hydrogen) atoms. The molecule has 270 valence electrons. The van der Waals surface area contributed by atoms with Gasteiger partial charge in [-0.3, -0.25) is 4.57 Å². The number of nitrogens with zero attached hydrogens (tertiary/aromatic N) is 4. The van der Waals surface area contributed by atoms with Crippen LogP contribution in [0.4, 0.5) is 0 Å². The number of aromatic nitrogens is 4. The number of para-hydroxylation sites is 3. The molecule has 13 rings (SSSR count). The van der Waals surface area contributed by atoms with E-state index in [-0.39, 0.29) is 0 Å². The first-order chi connectivity index (χ1) is 28.8. The lowest BCUT2D eigenvalue weighted by Crippen LogP contribution is -2.02. The highest BCUT2D eigenvalue weighted by molar-refractivity contribution is 7.26. The molecule has 8 aromatic carbocycles. The summed E-state index contributed by atoms with van der Waals surface area (Å²) in [5.41, 5.74) is 12.1. The second-order valence-electron chi connectivity index (χ2n) is 14.9. The number of hydrogen-bond donors (Lipinski definition) is 0. The molecule has 0 aliphatic heterocycles. The standard InChI is InChI=1S/C52H30N4OS/c1-3-13-31(14-4-1)47-50-48(39-26-25-38-37-19-9-12-22-46(37)58-51(38)49(39)57-50)54-52(53-47)56-43-21-11-8-18-36(43)41-30-33(24-28-45(41)56)32-23-27-44-40(29-32)35-17-7-10-20-42(35)55(44)34-15-5-2-6-16-34/h1-30H. The van der Waals surface area contributed by atoms with Gasteiger partial charge in [0, 0.05) is 53.7 Å². The van der Waals surface area contributed by atoms with Crippen LogP contribution in [0.25, 0.3) is 120 Å². The van der Waals surface area contributed by atoms with Crippen LogP contribution in [0.2, 0.25) is 0 Å². The van der Waals surface area contributed by atoms with Crippen molar-refractivity contribution in [3.63, 3.8) is 0 Å². The van der Waals surface area contributed by atoms with Gasteiger partial charge in [-0.15, -0.1) is 11.3 Å². The third kappa shape index (κ3) is 4.46. The predicted molar refractivity (Wildman–Crippen MR) is 242 cm³/mol. The van der Waals surface area contributed by atoms with Crippen LogP contribution in [0.1, 0.15) is 0 Å². The van der Waals surface area contributed by atoms with Crippen molar-refractivity contribution in [2.45, 2.75) is 0 Å². The van der Waals surface area contributed by atoms with Crippen molar-refractivity contribution < 1.29 is 4.42 Å². The van der Waals surface area contributed by atoms with Gasteiger partial charge in [0.15, 0.2) is 11.2 Å². The molecule has 0 saturated heterocycles. The molecular formula is C52H30N4OS. The van der Waals surface area contributed by atoms with Crippen LogP contribution >= 0.6 is 11.3 Å². The van der Waals surface area contributed by atoms with E-state index in [0.717, 1.165) is 65.5 Å². The highest BCUT2D eigenvalue weighted by atomic mass is 32.1. The maximum absolute atomic E-state index is 6.85. The molecule has 0 N–H and O–H groups in total. The summed E-state index contributed by atoms with van der Waals surface area (Å²) in [5.74, 6) is 0.611. The molecule has 0 spiro atoms. The maximum atomic E-state index is 6.85. The molecule has 0 saturated carbocycles. The molecule has 0 aliphatic rings. The van der Waals surface area contributed by atoms with E-state index in [4.69, 9.17) is 14.4 Å². The average Bonchev–Trinajstić information content (AvgIpc) is 4.04. The minimum Gasteiger partial charge on any atom is -0.451 e. The van der Waals surface area contributed by atoms with E-state index in [1.807, 2.05) is 6.07 Å². The van der Waals surface area contributed by atoms with Gasteiger partial charge in [0.1, 0.15) is 11.2 Å². The molecule has 5 aromatic heterocycles. The van der Waals surface area contributed by atoms with E-state index in [1.54, 1.807) is 11.3 Å². The van der Waals surface area contributed by atoms with Gasteiger partial charge in [0.05, 0.1) is 26.8 Å². The topological polar surface area (TPSA) is 48.8 Å². The Morgan fingerprint density at radius 1 is 0.397 bits per heavy atom. The van der Waals surface area contributed by atoms with Crippen molar-refractivity contribution in [2.24, 2.45) is 0 Å². The van der Waals surface area contributed by atoms with Crippen molar-refractivity contribution >= 4 is 97.2 Å². The quantitative estimate of drug-likeness (QED) is 0.180. The third-order valence-electron chi connectivity index (χ3n) is 11.8. The van der Waals surface area contributed by atoms with Gasteiger partial charge >= 0.3 is 0 Å². The van der Waals surface area contributed by atoms with Gasteiger partial charge in [0.25, 0.3) is 0 Å². The van der Waals surface area contributed by atoms with Gasteiger partial charge in [-0.2, -0.15) is 0 Å². The molecule has 0 atom stereocenters. The fourth-order valence-corrected chi connectivity index (χ4v) is 10.3. The minimum atomic E-state index is 0.611. The normalized spacial score (nSPS) is 12.1. The lowest BCUT2D eigenvalue weighted by atomic mass is 10.0. The second-order valence-corrected chi connectivity index (χ2v) is 16.0. The summed E-state index contributed by atoms with van der Waals surface area (Å²) in [7, 11) is 0. The summed E-state index contributed by atoms with van der Waals surface area (Å²) in [4.78, 5) is 10.7. The SMILES string of the molecule is c1ccc(-c2nc(-n3c4ccccc4c4cc(-c5ccc6c(c5)c5ccccc5n6-c5ccccc5)ccc43)nc3c2oc2c3ccc3c4ccccc4sc32)cc1. The lowest BCUT2D eigenvalue weighted by molar-refractivity contribution is 0.671. The lowest BCUT2D eigenvalue weighted by Gasteiger charge is -2.10. The average molecular weight is 759 g/mol. The van der Waals surface area contributed by atoms with Crippen molar-refractivity contribution in [2.75, 3.05) is 0 Å².